The second kappa shape index (κ2) is 4.93. The van der Waals surface area contributed by atoms with Crippen LogP contribution >= 0.6 is 11.8 Å². The average Bonchev–Trinajstić information content (AvgIpc) is 2.66. The Balaban J connectivity index is 2.57. The smallest absolute Gasteiger partial charge is 0.164 e. The third-order valence-corrected chi connectivity index (χ3v) is 3.79. The monoisotopic (exact) mass is 276 g/mol. The van der Waals surface area contributed by atoms with Crippen molar-refractivity contribution in [3.8, 4) is 17.0 Å². The molecule has 0 aliphatic heterocycles. The van der Waals surface area contributed by atoms with Gasteiger partial charge in [0.25, 0.3) is 0 Å². The van der Waals surface area contributed by atoms with Crippen molar-refractivity contribution in [3.05, 3.63) is 30.0 Å². The van der Waals surface area contributed by atoms with E-state index in [-0.39, 0.29) is 11.3 Å². The lowest BCUT2D eigenvalue weighted by atomic mass is 10.1. The highest BCUT2D eigenvalue weighted by molar-refractivity contribution is 7.98. The number of nitrogens with zero attached hydrogens (tertiary/aromatic N) is 2. The number of benzene rings is 1. The molecule has 102 valence electrons. The number of aromatic nitrogens is 2. The molecule has 0 amide bonds. The molecule has 1 aromatic carbocycles. The van der Waals surface area contributed by atoms with Crippen LogP contribution in [-0.2, 0) is 5.54 Å². The lowest BCUT2D eigenvalue weighted by Gasteiger charge is -2.20. The SMILES string of the molecule is CSc1cccc(-c2nn(C(C)(C)C)c(C)c2O)c1. The first kappa shape index (κ1) is 14.0. The summed E-state index contributed by atoms with van der Waals surface area (Å²) in [6, 6.07) is 8.08. The summed E-state index contributed by atoms with van der Waals surface area (Å²) < 4.78 is 1.88. The summed E-state index contributed by atoms with van der Waals surface area (Å²) >= 11 is 1.68. The standard InChI is InChI=1S/C15H20N2OS/c1-10-14(18)13(16-17(10)15(2,3)4)11-7-6-8-12(9-11)19-5/h6-9,18H,1-5H3. The predicted molar refractivity (Wildman–Crippen MR) is 80.8 cm³/mol. The van der Waals surface area contributed by atoms with Gasteiger partial charge in [-0.1, -0.05) is 12.1 Å². The van der Waals surface area contributed by atoms with Gasteiger partial charge in [-0.3, -0.25) is 4.68 Å². The maximum Gasteiger partial charge on any atom is 0.164 e. The van der Waals surface area contributed by atoms with Gasteiger partial charge in [-0.05, 0) is 46.1 Å². The average molecular weight is 276 g/mol. The fourth-order valence-electron chi connectivity index (χ4n) is 2.11. The van der Waals surface area contributed by atoms with E-state index in [1.54, 1.807) is 11.8 Å². The molecule has 0 atom stereocenters. The summed E-state index contributed by atoms with van der Waals surface area (Å²) in [6.45, 7) is 8.13. The maximum absolute atomic E-state index is 10.3. The van der Waals surface area contributed by atoms with E-state index in [4.69, 9.17) is 0 Å². The van der Waals surface area contributed by atoms with Gasteiger partial charge in [0.1, 0.15) is 5.69 Å². The highest BCUT2D eigenvalue weighted by Crippen LogP contribution is 2.34. The molecule has 0 spiro atoms. The lowest BCUT2D eigenvalue weighted by Crippen LogP contribution is -2.24. The minimum Gasteiger partial charge on any atom is -0.504 e. The van der Waals surface area contributed by atoms with Gasteiger partial charge in [-0.2, -0.15) is 5.10 Å². The molecule has 2 rings (SSSR count). The third kappa shape index (κ3) is 2.63. The van der Waals surface area contributed by atoms with Gasteiger partial charge in [0, 0.05) is 10.5 Å². The van der Waals surface area contributed by atoms with Crippen LogP contribution in [0.25, 0.3) is 11.3 Å². The molecular weight excluding hydrogens is 256 g/mol. The molecule has 0 aliphatic carbocycles. The van der Waals surface area contributed by atoms with Crippen molar-refractivity contribution >= 4 is 11.8 Å². The number of aromatic hydroxyl groups is 1. The van der Waals surface area contributed by atoms with Crippen LogP contribution < -0.4 is 0 Å². The Labute approximate surface area is 118 Å². The van der Waals surface area contributed by atoms with E-state index in [9.17, 15) is 5.11 Å². The second-order valence-electron chi connectivity index (χ2n) is 5.60. The van der Waals surface area contributed by atoms with Crippen LogP contribution in [0.4, 0.5) is 0 Å². The minimum absolute atomic E-state index is 0.142. The molecule has 0 unspecified atom stereocenters. The van der Waals surface area contributed by atoms with Crippen LogP contribution in [0, 0.1) is 6.92 Å². The van der Waals surface area contributed by atoms with E-state index in [2.05, 4.69) is 38.0 Å². The van der Waals surface area contributed by atoms with Crippen molar-refractivity contribution in [1.29, 1.82) is 0 Å². The van der Waals surface area contributed by atoms with Crippen LogP contribution in [0.5, 0.6) is 5.75 Å². The highest BCUT2D eigenvalue weighted by atomic mass is 32.2. The highest BCUT2D eigenvalue weighted by Gasteiger charge is 2.22. The topological polar surface area (TPSA) is 38.0 Å². The first-order valence-electron chi connectivity index (χ1n) is 6.28. The molecule has 1 N–H and O–H groups in total. The fraction of sp³-hybridized carbons (Fsp3) is 0.400. The summed E-state index contributed by atoms with van der Waals surface area (Å²) in [5, 5.41) is 14.9. The normalized spacial score (nSPS) is 11.8. The first-order chi connectivity index (χ1) is 8.84. The molecule has 0 radical (unpaired) electrons. The number of hydrogen-bond donors (Lipinski definition) is 1. The molecule has 0 fully saturated rings. The molecule has 0 saturated heterocycles. The Hall–Kier alpha value is -1.42. The summed E-state index contributed by atoms with van der Waals surface area (Å²) in [4.78, 5) is 1.17. The van der Waals surface area contributed by atoms with E-state index in [0.29, 0.717) is 5.69 Å². The molecule has 4 heteroatoms. The Bertz CT molecular complexity index is 597. The molecule has 1 heterocycles. The molecule has 19 heavy (non-hydrogen) atoms. The van der Waals surface area contributed by atoms with Gasteiger partial charge in [-0.25, -0.2) is 0 Å². The van der Waals surface area contributed by atoms with E-state index >= 15 is 0 Å². The molecule has 0 bridgehead atoms. The van der Waals surface area contributed by atoms with Crippen molar-refractivity contribution in [2.75, 3.05) is 6.26 Å². The lowest BCUT2D eigenvalue weighted by molar-refractivity contribution is 0.345. The van der Waals surface area contributed by atoms with E-state index < -0.39 is 0 Å². The van der Waals surface area contributed by atoms with Crippen molar-refractivity contribution in [2.24, 2.45) is 0 Å². The van der Waals surface area contributed by atoms with E-state index in [1.807, 2.05) is 30.0 Å². The van der Waals surface area contributed by atoms with Crippen LogP contribution in [0.1, 0.15) is 26.5 Å². The number of hydrogen-bond acceptors (Lipinski definition) is 3. The Morgan fingerprint density at radius 1 is 1.26 bits per heavy atom. The molecule has 0 saturated carbocycles. The van der Waals surface area contributed by atoms with E-state index in [1.165, 1.54) is 4.90 Å². The molecule has 1 aromatic heterocycles. The molecule has 0 aliphatic rings. The van der Waals surface area contributed by atoms with Crippen LogP contribution in [0.15, 0.2) is 29.2 Å². The van der Waals surface area contributed by atoms with Gasteiger partial charge >= 0.3 is 0 Å². The Kier molecular flexibility index (Phi) is 3.63. The molecular formula is C15H20N2OS. The van der Waals surface area contributed by atoms with Gasteiger partial charge in [0.2, 0.25) is 0 Å². The van der Waals surface area contributed by atoms with Gasteiger partial charge < -0.3 is 5.11 Å². The van der Waals surface area contributed by atoms with Crippen molar-refractivity contribution in [3.63, 3.8) is 0 Å². The van der Waals surface area contributed by atoms with Crippen LogP contribution in [-0.4, -0.2) is 21.1 Å². The molecule has 2 aromatic rings. The van der Waals surface area contributed by atoms with Crippen molar-refractivity contribution < 1.29 is 5.11 Å². The summed E-state index contributed by atoms with van der Waals surface area (Å²) in [7, 11) is 0. The summed E-state index contributed by atoms with van der Waals surface area (Å²) in [5.41, 5.74) is 2.27. The van der Waals surface area contributed by atoms with E-state index in [0.717, 1.165) is 11.3 Å². The Morgan fingerprint density at radius 2 is 1.95 bits per heavy atom. The fourth-order valence-corrected chi connectivity index (χ4v) is 2.57. The zero-order valence-electron chi connectivity index (χ0n) is 12.1. The third-order valence-electron chi connectivity index (χ3n) is 3.06. The number of thioether (sulfide) groups is 1. The predicted octanol–water partition coefficient (Wildman–Crippen LogP) is 4.04. The molecule has 3 nitrogen and oxygen atoms in total. The summed E-state index contributed by atoms with van der Waals surface area (Å²) in [6.07, 6.45) is 2.04. The largest absolute Gasteiger partial charge is 0.504 e. The summed E-state index contributed by atoms with van der Waals surface area (Å²) in [5.74, 6) is 0.271. The maximum atomic E-state index is 10.3. The first-order valence-corrected chi connectivity index (χ1v) is 7.50. The van der Waals surface area contributed by atoms with Gasteiger partial charge in [-0.15, -0.1) is 11.8 Å². The van der Waals surface area contributed by atoms with Crippen molar-refractivity contribution in [1.82, 2.24) is 9.78 Å². The quantitative estimate of drug-likeness (QED) is 0.841. The Morgan fingerprint density at radius 3 is 2.47 bits per heavy atom. The minimum atomic E-state index is -0.142. The van der Waals surface area contributed by atoms with Crippen LogP contribution in [0.3, 0.4) is 0 Å². The van der Waals surface area contributed by atoms with Gasteiger partial charge in [0.05, 0.1) is 11.2 Å². The zero-order chi connectivity index (χ0) is 14.2. The second-order valence-corrected chi connectivity index (χ2v) is 6.48. The van der Waals surface area contributed by atoms with Crippen LogP contribution in [0.2, 0.25) is 0 Å². The van der Waals surface area contributed by atoms with Gasteiger partial charge in [0.15, 0.2) is 5.75 Å². The van der Waals surface area contributed by atoms with Crippen molar-refractivity contribution in [2.45, 2.75) is 38.1 Å². The zero-order valence-corrected chi connectivity index (χ0v) is 12.9. The number of rotatable bonds is 2.